The Bertz CT molecular complexity index is 1270. The molecule has 0 unspecified atom stereocenters. The molecule has 0 aliphatic carbocycles. The second kappa shape index (κ2) is 10.7. The van der Waals surface area contributed by atoms with E-state index >= 15 is 0 Å². The lowest BCUT2D eigenvalue weighted by Crippen LogP contribution is -2.42. The van der Waals surface area contributed by atoms with Gasteiger partial charge in [0, 0.05) is 0 Å². The molecule has 3 aromatic carbocycles. The molecule has 0 saturated carbocycles. The lowest BCUT2D eigenvalue weighted by Gasteiger charge is -2.26. The Morgan fingerprint density at radius 3 is 2.15 bits per heavy atom. The minimum absolute atomic E-state index is 0.144. The smallest absolute Gasteiger partial charge is 0.264 e. The maximum Gasteiger partial charge on any atom is 0.264 e. The molecule has 1 N–H and O–H groups in total. The number of hydrogen-bond acceptors (Lipinski definition) is 4. The van der Waals surface area contributed by atoms with E-state index in [2.05, 4.69) is 5.32 Å². The molecule has 0 spiro atoms. The van der Waals surface area contributed by atoms with Crippen LogP contribution in [0.1, 0.15) is 27.8 Å². The second-order valence-corrected chi connectivity index (χ2v) is 10.3. The fourth-order valence-electron chi connectivity index (χ4n) is 3.56. The summed E-state index contributed by atoms with van der Waals surface area (Å²) < 4.78 is 34.1. The summed E-state index contributed by atoms with van der Waals surface area (Å²) >= 11 is 0. The number of ether oxygens (including phenoxy) is 1. The van der Waals surface area contributed by atoms with E-state index in [0.29, 0.717) is 5.69 Å². The monoisotopic (exact) mass is 480 g/mol. The zero-order chi connectivity index (χ0) is 24.9. The maximum absolute atomic E-state index is 13.5. The van der Waals surface area contributed by atoms with Gasteiger partial charge >= 0.3 is 0 Å². The highest BCUT2D eigenvalue weighted by atomic mass is 32.2. The van der Waals surface area contributed by atoms with E-state index < -0.39 is 15.9 Å². The van der Waals surface area contributed by atoms with Gasteiger partial charge in [-0.15, -0.1) is 0 Å². The average molecular weight is 481 g/mol. The minimum atomic E-state index is -3.95. The average Bonchev–Trinajstić information content (AvgIpc) is 2.80. The molecule has 0 radical (unpaired) electrons. The first-order chi connectivity index (χ1) is 16.1. The Hall–Kier alpha value is -3.32. The van der Waals surface area contributed by atoms with Gasteiger partial charge in [0.2, 0.25) is 5.91 Å². The van der Waals surface area contributed by atoms with Crippen molar-refractivity contribution in [2.75, 3.05) is 24.0 Å². The zero-order valence-electron chi connectivity index (χ0n) is 20.4. The fourth-order valence-corrected chi connectivity index (χ4v) is 5.04. The molecule has 7 heteroatoms. The first-order valence-corrected chi connectivity index (χ1v) is 12.7. The van der Waals surface area contributed by atoms with Crippen LogP contribution in [0.15, 0.2) is 65.6 Å². The van der Waals surface area contributed by atoms with Crippen molar-refractivity contribution >= 4 is 21.6 Å². The first kappa shape index (κ1) is 25.3. The molecule has 1 amide bonds. The number of carbonyl (C=O) groups excluding carboxylic acids is 1. The number of aryl methyl sites for hydroxylation is 3. The van der Waals surface area contributed by atoms with Crippen LogP contribution in [0.5, 0.6) is 5.75 Å². The molecule has 0 bridgehead atoms. The molecule has 0 aliphatic rings. The number of benzene rings is 3. The van der Waals surface area contributed by atoms with E-state index in [1.54, 1.807) is 36.4 Å². The van der Waals surface area contributed by atoms with E-state index in [4.69, 9.17) is 4.74 Å². The summed E-state index contributed by atoms with van der Waals surface area (Å²) in [5, 5.41) is 2.78. The van der Waals surface area contributed by atoms with Gasteiger partial charge in [-0.25, -0.2) is 8.42 Å². The summed E-state index contributed by atoms with van der Waals surface area (Å²) in [4.78, 5) is 13.0. The summed E-state index contributed by atoms with van der Waals surface area (Å²) in [5.74, 6) is 0.370. The van der Waals surface area contributed by atoms with Gasteiger partial charge < -0.3 is 10.1 Å². The molecule has 3 rings (SSSR count). The van der Waals surface area contributed by atoms with Crippen LogP contribution in [-0.4, -0.2) is 34.0 Å². The van der Waals surface area contributed by atoms with Crippen LogP contribution < -0.4 is 14.4 Å². The number of rotatable bonds is 9. The van der Waals surface area contributed by atoms with Crippen molar-refractivity contribution in [3.63, 3.8) is 0 Å². The van der Waals surface area contributed by atoms with Gasteiger partial charge in [-0.2, -0.15) is 0 Å². The first-order valence-electron chi connectivity index (χ1n) is 11.2. The van der Waals surface area contributed by atoms with Crippen LogP contribution in [0, 0.1) is 34.6 Å². The number of anilines is 1. The molecule has 0 atom stereocenters. The molecule has 0 fully saturated rings. The van der Waals surface area contributed by atoms with Gasteiger partial charge in [0.05, 0.1) is 17.1 Å². The van der Waals surface area contributed by atoms with Crippen molar-refractivity contribution in [2.45, 2.75) is 39.5 Å². The van der Waals surface area contributed by atoms with Gasteiger partial charge in [-0.1, -0.05) is 42.0 Å². The predicted octanol–water partition coefficient (Wildman–Crippen LogP) is 4.62. The van der Waals surface area contributed by atoms with Crippen LogP contribution in [0.4, 0.5) is 5.69 Å². The molecule has 0 aromatic heterocycles. The SMILES string of the molecule is Cc1ccc(S(=O)(=O)N(CC(=O)NCCOc2cccc(C)c2C)c2cccc(C)c2C)cc1. The molecule has 34 heavy (non-hydrogen) atoms. The summed E-state index contributed by atoms with van der Waals surface area (Å²) in [6, 6.07) is 17.9. The summed E-state index contributed by atoms with van der Waals surface area (Å²) in [7, 11) is -3.95. The lowest BCUT2D eigenvalue weighted by atomic mass is 10.1. The topological polar surface area (TPSA) is 75.7 Å². The van der Waals surface area contributed by atoms with Crippen LogP contribution in [0.2, 0.25) is 0 Å². The van der Waals surface area contributed by atoms with E-state index in [1.807, 2.05) is 58.9 Å². The fraction of sp³-hybridized carbons (Fsp3) is 0.296. The van der Waals surface area contributed by atoms with Gasteiger partial charge in [0.1, 0.15) is 18.9 Å². The number of amides is 1. The van der Waals surface area contributed by atoms with Crippen LogP contribution >= 0.6 is 0 Å². The molecule has 0 saturated heterocycles. The van der Waals surface area contributed by atoms with Gasteiger partial charge in [0.15, 0.2) is 0 Å². The van der Waals surface area contributed by atoms with E-state index in [-0.39, 0.29) is 24.6 Å². The maximum atomic E-state index is 13.5. The Labute approximate surface area is 202 Å². The number of nitrogens with one attached hydrogen (secondary N) is 1. The summed E-state index contributed by atoms with van der Waals surface area (Å²) in [6.45, 7) is 9.89. The third kappa shape index (κ3) is 5.78. The highest BCUT2D eigenvalue weighted by Crippen LogP contribution is 2.28. The molecular formula is C27H32N2O4S. The van der Waals surface area contributed by atoms with Crippen molar-refractivity contribution in [3.05, 3.63) is 88.5 Å². The van der Waals surface area contributed by atoms with Crippen molar-refractivity contribution in [1.29, 1.82) is 0 Å². The predicted molar refractivity (Wildman–Crippen MR) is 136 cm³/mol. The largest absolute Gasteiger partial charge is 0.491 e. The van der Waals surface area contributed by atoms with Gasteiger partial charge in [-0.05, 0) is 81.1 Å². The Morgan fingerprint density at radius 2 is 1.47 bits per heavy atom. The van der Waals surface area contributed by atoms with E-state index in [9.17, 15) is 13.2 Å². The molecule has 180 valence electrons. The molecular weight excluding hydrogens is 448 g/mol. The van der Waals surface area contributed by atoms with Gasteiger partial charge in [-0.3, -0.25) is 9.10 Å². The van der Waals surface area contributed by atoms with Crippen LogP contribution in [0.25, 0.3) is 0 Å². The molecule has 0 heterocycles. The van der Waals surface area contributed by atoms with Crippen molar-refractivity contribution in [3.8, 4) is 5.75 Å². The molecule has 0 aliphatic heterocycles. The third-order valence-electron chi connectivity index (χ3n) is 5.98. The van der Waals surface area contributed by atoms with Crippen molar-refractivity contribution in [1.82, 2.24) is 5.32 Å². The zero-order valence-corrected chi connectivity index (χ0v) is 21.2. The third-order valence-corrected chi connectivity index (χ3v) is 7.75. The van der Waals surface area contributed by atoms with Crippen molar-refractivity contribution in [2.24, 2.45) is 0 Å². The highest BCUT2D eigenvalue weighted by Gasteiger charge is 2.28. The second-order valence-electron chi connectivity index (χ2n) is 8.44. The summed E-state index contributed by atoms with van der Waals surface area (Å²) in [5.41, 5.74) is 5.39. The van der Waals surface area contributed by atoms with Crippen LogP contribution in [0.3, 0.4) is 0 Å². The molecule has 3 aromatic rings. The van der Waals surface area contributed by atoms with Gasteiger partial charge in [0.25, 0.3) is 10.0 Å². The van der Waals surface area contributed by atoms with E-state index in [0.717, 1.165) is 33.6 Å². The molecule has 6 nitrogen and oxygen atoms in total. The number of nitrogens with zero attached hydrogens (tertiary/aromatic N) is 1. The van der Waals surface area contributed by atoms with Crippen molar-refractivity contribution < 1.29 is 17.9 Å². The Kier molecular flexibility index (Phi) is 7.99. The highest BCUT2D eigenvalue weighted by molar-refractivity contribution is 7.92. The van der Waals surface area contributed by atoms with Crippen LogP contribution in [-0.2, 0) is 14.8 Å². The normalized spacial score (nSPS) is 11.2. The van der Waals surface area contributed by atoms with E-state index in [1.165, 1.54) is 4.31 Å². The lowest BCUT2D eigenvalue weighted by molar-refractivity contribution is -0.119. The number of carbonyl (C=O) groups is 1. The minimum Gasteiger partial charge on any atom is -0.491 e. The number of hydrogen-bond donors (Lipinski definition) is 1. The quantitative estimate of drug-likeness (QED) is 0.454. The summed E-state index contributed by atoms with van der Waals surface area (Å²) in [6.07, 6.45) is 0. The Morgan fingerprint density at radius 1 is 0.853 bits per heavy atom. The standard InChI is InChI=1S/C27H32N2O4S/c1-19-12-14-24(15-13-19)34(31,32)29(25-10-6-8-20(2)22(25)4)18-27(30)28-16-17-33-26-11-7-9-21(3)23(26)5/h6-15H,16-18H2,1-5H3,(H,28,30). The number of sulfonamides is 1. The Balaban J connectivity index is 1.76.